The van der Waals surface area contributed by atoms with Crippen molar-refractivity contribution < 1.29 is 18.0 Å². The molecule has 0 aliphatic carbocycles. The quantitative estimate of drug-likeness (QED) is 0.705. The van der Waals surface area contributed by atoms with Crippen LogP contribution >= 0.6 is 0 Å². The molecule has 1 aliphatic heterocycles. The number of nitrogens with one attached hydrogen (secondary N) is 1. The van der Waals surface area contributed by atoms with Crippen LogP contribution in [-0.2, 0) is 6.18 Å². The molecule has 0 radical (unpaired) electrons. The molecule has 1 saturated heterocycles. The number of benzene rings is 2. The van der Waals surface area contributed by atoms with Gasteiger partial charge in [-0.15, -0.1) is 0 Å². The highest BCUT2D eigenvalue weighted by atomic mass is 19.4. The number of rotatable bonds is 2. The zero-order valence-electron chi connectivity index (χ0n) is 15.4. The van der Waals surface area contributed by atoms with Crippen molar-refractivity contribution in [3.63, 3.8) is 0 Å². The number of aryl methyl sites for hydroxylation is 1. The zero-order chi connectivity index (χ0) is 19.9. The summed E-state index contributed by atoms with van der Waals surface area (Å²) in [7, 11) is 0. The van der Waals surface area contributed by atoms with Gasteiger partial charge in [-0.1, -0.05) is 24.3 Å². The number of carbonyl (C=O) groups excluding carboxylic acids is 1. The molecule has 1 aromatic heterocycles. The van der Waals surface area contributed by atoms with Gasteiger partial charge in [0.25, 0.3) is 5.91 Å². The summed E-state index contributed by atoms with van der Waals surface area (Å²) in [6.07, 6.45) is -4.36. The lowest BCUT2D eigenvalue weighted by Gasteiger charge is -2.36. The molecule has 4 rings (SSSR count). The van der Waals surface area contributed by atoms with E-state index < -0.39 is 11.7 Å². The molecule has 1 aliphatic rings. The van der Waals surface area contributed by atoms with E-state index in [1.807, 2.05) is 36.1 Å². The first-order chi connectivity index (χ1) is 13.3. The van der Waals surface area contributed by atoms with Crippen LogP contribution in [0.2, 0.25) is 0 Å². The van der Waals surface area contributed by atoms with Crippen molar-refractivity contribution in [2.24, 2.45) is 0 Å². The van der Waals surface area contributed by atoms with Crippen molar-refractivity contribution >= 4 is 22.5 Å². The lowest BCUT2D eigenvalue weighted by molar-refractivity contribution is -0.137. The molecule has 0 spiro atoms. The molecule has 146 valence electrons. The minimum Gasteiger partial charge on any atom is -0.368 e. The first kappa shape index (κ1) is 18.4. The fourth-order valence-electron chi connectivity index (χ4n) is 3.76. The Kier molecular flexibility index (Phi) is 4.53. The van der Waals surface area contributed by atoms with E-state index in [-0.39, 0.29) is 5.91 Å². The van der Waals surface area contributed by atoms with Gasteiger partial charge in [-0.2, -0.15) is 13.2 Å². The van der Waals surface area contributed by atoms with Crippen LogP contribution in [0.5, 0.6) is 0 Å². The van der Waals surface area contributed by atoms with Gasteiger partial charge in [-0.05, 0) is 31.2 Å². The lowest BCUT2D eigenvalue weighted by atomic mass is 10.1. The number of fused-ring (bicyclic) bond motifs is 1. The Bertz CT molecular complexity index is 1020. The van der Waals surface area contributed by atoms with Crippen molar-refractivity contribution in [2.45, 2.75) is 13.1 Å². The van der Waals surface area contributed by atoms with Gasteiger partial charge in [0.15, 0.2) is 0 Å². The Morgan fingerprint density at radius 2 is 1.71 bits per heavy atom. The monoisotopic (exact) mass is 387 g/mol. The maximum Gasteiger partial charge on any atom is 0.416 e. The number of anilines is 1. The number of aromatic amines is 1. The molecule has 3 aromatic rings. The molecule has 4 nitrogen and oxygen atoms in total. The SMILES string of the molecule is Cc1[nH]c2ccccc2c1C(=O)N1CCN(c2cccc(C(F)(F)F)c2)CC1. The van der Waals surface area contributed by atoms with Gasteiger partial charge in [0.05, 0.1) is 11.1 Å². The predicted octanol–water partition coefficient (Wildman–Crippen LogP) is 4.46. The molecular weight excluding hydrogens is 367 g/mol. The number of alkyl halides is 3. The predicted molar refractivity (Wildman–Crippen MR) is 103 cm³/mol. The molecular formula is C21H20F3N3O. The number of para-hydroxylation sites is 1. The second-order valence-corrected chi connectivity index (χ2v) is 7.00. The Morgan fingerprint density at radius 3 is 2.43 bits per heavy atom. The minimum atomic E-state index is -4.36. The highest BCUT2D eigenvalue weighted by Gasteiger charge is 2.31. The molecule has 0 atom stereocenters. The van der Waals surface area contributed by atoms with Gasteiger partial charge in [0.2, 0.25) is 0 Å². The number of amides is 1. The Morgan fingerprint density at radius 1 is 1.00 bits per heavy atom. The largest absolute Gasteiger partial charge is 0.416 e. The minimum absolute atomic E-state index is 0.0429. The molecule has 0 unspecified atom stereocenters. The fourth-order valence-corrected chi connectivity index (χ4v) is 3.76. The first-order valence-corrected chi connectivity index (χ1v) is 9.13. The van der Waals surface area contributed by atoms with Crippen molar-refractivity contribution in [3.8, 4) is 0 Å². The average Bonchev–Trinajstić information content (AvgIpc) is 3.03. The molecule has 0 bridgehead atoms. The highest BCUT2D eigenvalue weighted by Crippen LogP contribution is 2.32. The Hall–Kier alpha value is -2.96. The van der Waals surface area contributed by atoms with Crippen molar-refractivity contribution in [3.05, 3.63) is 65.4 Å². The van der Waals surface area contributed by atoms with Gasteiger partial charge in [-0.25, -0.2) is 0 Å². The van der Waals surface area contributed by atoms with Crippen LogP contribution in [0.3, 0.4) is 0 Å². The van der Waals surface area contributed by atoms with E-state index in [0.717, 1.165) is 22.7 Å². The summed E-state index contributed by atoms with van der Waals surface area (Å²) in [6, 6.07) is 13.0. The van der Waals surface area contributed by atoms with E-state index in [0.29, 0.717) is 37.4 Å². The fraction of sp³-hybridized carbons (Fsp3) is 0.286. The standard InChI is InChI=1S/C21H20F3N3O/c1-14-19(17-7-2-3-8-18(17)25-14)20(28)27-11-9-26(10-12-27)16-6-4-5-15(13-16)21(22,23)24/h2-8,13,25H,9-12H2,1H3. The normalized spacial score (nSPS) is 15.3. The zero-order valence-corrected chi connectivity index (χ0v) is 15.4. The van der Waals surface area contributed by atoms with Crippen LogP contribution in [0, 0.1) is 6.92 Å². The maximum absolute atomic E-state index is 13.1. The molecule has 28 heavy (non-hydrogen) atoms. The van der Waals surface area contributed by atoms with Gasteiger partial charge in [0.1, 0.15) is 0 Å². The number of carbonyl (C=O) groups is 1. The van der Waals surface area contributed by atoms with Crippen LogP contribution in [0.4, 0.5) is 18.9 Å². The van der Waals surface area contributed by atoms with E-state index >= 15 is 0 Å². The number of nitrogens with zero attached hydrogens (tertiary/aromatic N) is 2. The summed E-state index contributed by atoms with van der Waals surface area (Å²) in [5.41, 5.74) is 2.30. The maximum atomic E-state index is 13.1. The van der Waals surface area contributed by atoms with Crippen LogP contribution in [0.15, 0.2) is 48.5 Å². The van der Waals surface area contributed by atoms with E-state index in [4.69, 9.17) is 0 Å². The number of aromatic nitrogens is 1. The summed E-state index contributed by atoms with van der Waals surface area (Å²) in [4.78, 5) is 20.0. The average molecular weight is 387 g/mol. The summed E-state index contributed by atoms with van der Waals surface area (Å²) in [5, 5.41) is 0.894. The number of H-pyrrole nitrogens is 1. The Labute approximate surface area is 160 Å². The van der Waals surface area contributed by atoms with Gasteiger partial charge in [-0.3, -0.25) is 4.79 Å². The van der Waals surface area contributed by atoms with Gasteiger partial charge in [0, 0.05) is 48.5 Å². The van der Waals surface area contributed by atoms with E-state index in [1.165, 1.54) is 12.1 Å². The number of hydrogen-bond donors (Lipinski definition) is 1. The second kappa shape index (κ2) is 6.89. The Balaban J connectivity index is 1.50. The van der Waals surface area contributed by atoms with Gasteiger partial charge >= 0.3 is 6.18 Å². The number of piperazine rings is 1. The molecule has 7 heteroatoms. The third-order valence-corrected chi connectivity index (χ3v) is 5.21. The molecule has 1 fully saturated rings. The summed E-state index contributed by atoms with van der Waals surface area (Å²) >= 11 is 0. The molecule has 2 aromatic carbocycles. The van der Waals surface area contributed by atoms with Crippen molar-refractivity contribution in [2.75, 3.05) is 31.1 Å². The van der Waals surface area contributed by atoms with Crippen LogP contribution in [0.25, 0.3) is 10.9 Å². The molecule has 0 saturated carbocycles. The van der Waals surface area contributed by atoms with Crippen LogP contribution in [0.1, 0.15) is 21.6 Å². The van der Waals surface area contributed by atoms with E-state index in [2.05, 4.69) is 4.98 Å². The third kappa shape index (κ3) is 3.32. The van der Waals surface area contributed by atoms with E-state index in [9.17, 15) is 18.0 Å². The lowest BCUT2D eigenvalue weighted by Crippen LogP contribution is -2.49. The third-order valence-electron chi connectivity index (χ3n) is 5.21. The van der Waals surface area contributed by atoms with Crippen LogP contribution in [-0.4, -0.2) is 42.0 Å². The molecule has 1 amide bonds. The molecule has 2 heterocycles. The van der Waals surface area contributed by atoms with Crippen molar-refractivity contribution in [1.82, 2.24) is 9.88 Å². The first-order valence-electron chi connectivity index (χ1n) is 9.13. The number of hydrogen-bond acceptors (Lipinski definition) is 2. The van der Waals surface area contributed by atoms with E-state index in [1.54, 1.807) is 11.0 Å². The summed E-state index contributed by atoms with van der Waals surface area (Å²) < 4.78 is 38.9. The summed E-state index contributed by atoms with van der Waals surface area (Å²) in [5.74, 6) is -0.0429. The second-order valence-electron chi connectivity index (χ2n) is 7.00. The topological polar surface area (TPSA) is 39.3 Å². The van der Waals surface area contributed by atoms with Crippen LogP contribution < -0.4 is 4.90 Å². The smallest absolute Gasteiger partial charge is 0.368 e. The number of halogens is 3. The van der Waals surface area contributed by atoms with Gasteiger partial charge < -0.3 is 14.8 Å². The summed E-state index contributed by atoms with van der Waals surface area (Å²) in [6.45, 7) is 3.80. The van der Waals surface area contributed by atoms with Crippen molar-refractivity contribution in [1.29, 1.82) is 0 Å². The highest BCUT2D eigenvalue weighted by molar-refractivity contribution is 6.08. The molecule has 1 N–H and O–H groups in total.